The Kier molecular flexibility index (Phi) is 7.20. The van der Waals surface area contributed by atoms with Crippen molar-refractivity contribution in [1.29, 1.82) is 0 Å². The van der Waals surface area contributed by atoms with Gasteiger partial charge < -0.3 is 15.2 Å². The molecule has 0 spiro atoms. The number of aromatic hydroxyl groups is 1. The molecule has 0 aliphatic carbocycles. The van der Waals surface area contributed by atoms with Crippen molar-refractivity contribution in [2.24, 2.45) is 0 Å². The lowest BCUT2D eigenvalue weighted by Crippen LogP contribution is -2.42. The van der Waals surface area contributed by atoms with E-state index in [9.17, 15) is 9.90 Å². The molecule has 26 heavy (non-hydrogen) atoms. The van der Waals surface area contributed by atoms with Gasteiger partial charge in [-0.3, -0.25) is 10.1 Å². The predicted octanol–water partition coefficient (Wildman–Crippen LogP) is 5.29. The molecule has 5 nitrogen and oxygen atoms in total. The van der Waals surface area contributed by atoms with E-state index in [1.807, 2.05) is 0 Å². The van der Waals surface area contributed by atoms with E-state index >= 15 is 0 Å². The molecule has 0 aliphatic rings. The molecule has 138 valence electrons. The molecule has 0 saturated carbocycles. The van der Waals surface area contributed by atoms with Gasteiger partial charge in [-0.05, 0) is 49.5 Å². The third kappa shape index (κ3) is 5.53. The van der Waals surface area contributed by atoms with Gasteiger partial charge in [-0.2, -0.15) is 0 Å². The molecule has 0 saturated heterocycles. The molecule has 1 unspecified atom stereocenters. The second kappa shape index (κ2) is 8.97. The SMILES string of the molecule is CC(Oc1ccc(Cl)cc1Cl)C(=O)NC(=S)Nc1cc(Cl)cc(Cl)c1O. The third-order valence-electron chi connectivity index (χ3n) is 3.08. The summed E-state index contributed by atoms with van der Waals surface area (Å²) in [5, 5.41) is 16.0. The number of nitrogens with one attached hydrogen (secondary N) is 2. The van der Waals surface area contributed by atoms with Gasteiger partial charge in [0.05, 0.1) is 15.7 Å². The standard InChI is InChI=1S/C16H12Cl4N2O3S/c1-7(25-13-3-2-8(17)4-10(13)19)15(24)22-16(26)21-12-6-9(18)5-11(20)14(12)23/h2-7,23H,1H3,(H2,21,22,24,26). The number of phenolic OH excluding ortho intramolecular Hbond substituents is 1. The summed E-state index contributed by atoms with van der Waals surface area (Å²) >= 11 is 28.6. The van der Waals surface area contributed by atoms with Crippen molar-refractivity contribution in [2.45, 2.75) is 13.0 Å². The number of rotatable bonds is 4. The van der Waals surface area contributed by atoms with Crippen LogP contribution in [0.25, 0.3) is 0 Å². The number of phenols is 1. The highest BCUT2D eigenvalue weighted by molar-refractivity contribution is 7.80. The summed E-state index contributed by atoms with van der Waals surface area (Å²) in [4.78, 5) is 12.2. The second-order valence-corrected chi connectivity index (χ2v) is 7.16. The van der Waals surface area contributed by atoms with Crippen LogP contribution in [0.3, 0.4) is 0 Å². The zero-order valence-corrected chi connectivity index (χ0v) is 17.0. The quantitative estimate of drug-likeness (QED) is 0.433. The second-order valence-electron chi connectivity index (χ2n) is 5.06. The Morgan fingerprint density at radius 1 is 1.12 bits per heavy atom. The summed E-state index contributed by atoms with van der Waals surface area (Å²) in [6.07, 6.45) is -0.898. The summed E-state index contributed by atoms with van der Waals surface area (Å²) in [6.45, 7) is 1.52. The van der Waals surface area contributed by atoms with Crippen LogP contribution in [0.1, 0.15) is 6.92 Å². The number of amides is 1. The first-order chi connectivity index (χ1) is 12.2. The molecule has 3 N–H and O–H groups in total. The minimum absolute atomic E-state index is 0.0446. The number of ether oxygens (including phenoxy) is 1. The lowest BCUT2D eigenvalue weighted by Gasteiger charge is -2.17. The van der Waals surface area contributed by atoms with Crippen LogP contribution in [-0.2, 0) is 4.79 Å². The maximum Gasteiger partial charge on any atom is 0.266 e. The van der Waals surface area contributed by atoms with E-state index in [4.69, 9.17) is 63.4 Å². The molecule has 0 fully saturated rings. The van der Waals surface area contributed by atoms with Gasteiger partial charge in [-0.1, -0.05) is 46.4 Å². The molecule has 0 aromatic heterocycles. The average Bonchev–Trinajstić information content (AvgIpc) is 2.54. The van der Waals surface area contributed by atoms with Crippen LogP contribution in [0, 0.1) is 0 Å². The molecule has 10 heteroatoms. The maximum atomic E-state index is 12.2. The number of carbonyl (C=O) groups is 1. The van der Waals surface area contributed by atoms with Crippen molar-refractivity contribution in [2.75, 3.05) is 5.32 Å². The summed E-state index contributed by atoms with van der Waals surface area (Å²) in [5.74, 6) is -0.470. The van der Waals surface area contributed by atoms with E-state index in [1.165, 1.54) is 25.1 Å². The lowest BCUT2D eigenvalue weighted by atomic mass is 10.3. The fraction of sp³-hybridized carbons (Fsp3) is 0.125. The van der Waals surface area contributed by atoms with E-state index in [0.29, 0.717) is 15.8 Å². The van der Waals surface area contributed by atoms with Crippen molar-refractivity contribution in [1.82, 2.24) is 5.32 Å². The van der Waals surface area contributed by atoms with Gasteiger partial charge in [0.25, 0.3) is 5.91 Å². The molecule has 2 rings (SSSR count). The Labute approximate surface area is 175 Å². The lowest BCUT2D eigenvalue weighted by molar-refractivity contribution is -0.125. The van der Waals surface area contributed by atoms with Crippen LogP contribution in [0.15, 0.2) is 30.3 Å². The van der Waals surface area contributed by atoms with E-state index in [1.54, 1.807) is 12.1 Å². The molecule has 0 aliphatic heterocycles. The molecule has 1 atom stereocenters. The number of benzene rings is 2. The molecule has 2 aromatic carbocycles. The topological polar surface area (TPSA) is 70.6 Å². The number of thiocarbonyl (C=S) groups is 1. The predicted molar refractivity (Wildman–Crippen MR) is 109 cm³/mol. The molecule has 0 heterocycles. The van der Waals surface area contributed by atoms with E-state index < -0.39 is 12.0 Å². The number of anilines is 1. The van der Waals surface area contributed by atoms with Crippen LogP contribution in [-0.4, -0.2) is 22.2 Å². The minimum Gasteiger partial charge on any atom is -0.504 e. The Bertz CT molecular complexity index is 864. The summed E-state index contributed by atoms with van der Waals surface area (Å²) < 4.78 is 5.49. The monoisotopic (exact) mass is 452 g/mol. The summed E-state index contributed by atoms with van der Waals surface area (Å²) in [5.41, 5.74) is 0.155. The van der Waals surface area contributed by atoms with Crippen LogP contribution in [0.5, 0.6) is 11.5 Å². The molecule has 0 bridgehead atoms. The van der Waals surface area contributed by atoms with Crippen molar-refractivity contribution in [3.8, 4) is 11.5 Å². The Hall–Kier alpha value is -1.44. The van der Waals surface area contributed by atoms with Gasteiger partial charge >= 0.3 is 0 Å². The van der Waals surface area contributed by atoms with Crippen molar-refractivity contribution < 1.29 is 14.6 Å². The van der Waals surface area contributed by atoms with Crippen LogP contribution in [0.2, 0.25) is 20.1 Å². The van der Waals surface area contributed by atoms with Gasteiger partial charge in [0.15, 0.2) is 17.0 Å². The molecule has 1 amide bonds. The Balaban J connectivity index is 1.99. The Morgan fingerprint density at radius 2 is 1.77 bits per heavy atom. The van der Waals surface area contributed by atoms with Crippen LogP contribution >= 0.6 is 58.6 Å². The Morgan fingerprint density at radius 3 is 2.42 bits per heavy atom. The first kappa shape index (κ1) is 20.9. The largest absolute Gasteiger partial charge is 0.504 e. The van der Waals surface area contributed by atoms with Gasteiger partial charge in [0.2, 0.25) is 0 Å². The summed E-state index contributed by atoms with van der Waals surface area (Å²) in [6, 6.07) is 7.43. The highest BCUT2D eigenvalue weighted by atomic mass is 35.5. The van der Waals surface area contributed by atoms with Crippen molar-refractivity contribution in [3.63, 3.8) is 0 Å². The normalized spacial score (nSPS) is 11.6. The zero-order chi connectivity index (χ0) is 19.4. The van der Waals surface area contributed by atoms with Gasteiger partial charge in [-0.15, -0.1) is 0 Å². The highest BCUT2D eigenvalue weighted by Gasteiger charge is 2.18. The first-order valence-corrected chi connectivity index (χ1v) is 9.01. The van der Waals surface area contributed by atoms with Crippen molar-refractivity contribution in [3.05, 3.63) is 50.4 Å². The number of hydrogen-bond donors (Lipinski definition) is 3. The zero-order valence-electron chi connectivity index (χ0n) is 13.1. The molecule has 2 aromatic rings. The highest BCUT2D eigenvalue weighted by Crippen LogP contribution is 2.35. The van der Waals surface area contributed by atoms with E-state index in [2.05, 4.69) is 10.6 Å². The van der Waals surface area contributed by atoms with Crippen LogP contribution < -0.4 is 15.4 Å². The van der Waals surface area contributed by atoms with Gasteiger partial charge in [0, 0.05) is 10.0 Å². The third-order valence-corrected chi connectivity index (χ3v) is 4.32. The maximum absolute atomic E-state index is 12.2. The molecule has 0 radical (unpaired) electrons. The smallest absolute Gasteiger partial charge is 0.266 e. The first-order valence-electron chi connectivity index (χ1n) is 7.09. The van der Waals surface area contributed by atoms with Crippen LogP contribution in [0.4, 0.5) is 5.69 Å². The minimum atomic E-state index is -0.898. The fourth-order valence-electron chi connectivity index (χ4n) is 1.84. The average molecular weight is 454 g/mol. The molecular weight excluding hydrogens is 442 g/mol. The van der Waals surface area contributed by atoms with E-state index in [0.717, 1.165) is 0 Å². The fourth-order valence-corrected chi connectivity index (χ4v) is 3.00. The van der Waals surface area contributed by atoms with Gasteiger partial charge in [0.1, 0.15) is 5.75 Å². The van der Waals surface area contributed by atoms with E-state index in [-0.39, 0.29) is 26.6 Å². The van der Waals surface area contributed by atoms with Crippen molar-refractivity contribution >= 4 is 75.3 Å². The summed E-state index contributed by atoms with van der Waals surface area (Å²) in [7, 11) is 0. The molecular formula is C16H12Cl4N2O3S. The van der Waals surface area contributed by atoms with Gasteiger partial charge in [-0.25, -0.2) is 0 Å². The number of carbonyl (C=O) groups excluding carboxylic acids is 1. The number of hydrogen-bond acceptors (Lipinski definition) is 4. The number of halogens is 4.